The number of hydrogen-bond acceptors (Lipinski definition) is 4. The first kappa shape index (κ1) is 12.3. The van der Waals surface area contributed by atoms with Crippen LogP contribution >= 0.6 is 0 Å². The van der Waals surface area contributed by atoms with Crippen molar-refractivity contribution in [2.75, 3.05) is 5.32 Å². The Kier molecular flexibility index (Phi) is 3.16. The Bertz CT molecular complexity index is 759. The smallest absolute Gasteiger partial charge is 0.294 e. The first-order valence-corrected chi connectivity index (χ1v) is 6.38. The van der Waals surface area contributed by atoms with Gasteiger partial charge in [-0.3, -0.25) is 9.78 Å². The van der Waals surface area contributed by atoms with Gasteiger partial charge in [0.2, 0.25) is 5.76 Å². The lowest BCUT2D eigenvalue weighted by atomic mass is 10.2. The predicted molar refractivity (Wildman–Crippen MR) is 75.6 cm³/mol. The zero-order valence-electron chi connectivity index (χ0n) is 11.0. The Hall–Kier alpha value is -2.69. The van der Waals surface area contributed by atoms with Gasteiger partial charge in [0.1, 0.15) is 0 Å². The molecule has 0 aliphatic rings. The summed E-state index contributed by atoms with van der Waals surface area (Å²) in [5.41, 5.74) is 2.29. The summed E-state index contributed by atoms with van der Waals surface area (Å²) < 4.78 is 5.02. The van der Waals surface area contributed by atoms with Crippen LogP contribution in [0, 0.1) is 0 Å². The third-order valence-corrected chi connectivity index (χ3v) is 3.04. The maximum Gasteiger partial charge on any atom is 0.294 e. The Morgan fingerprint density at radius 1 is 1.30 bits per heavy atom. The number of carbonyl (C=O) groups excluding carboxylic acids is 1. The third-order valence-electron chi connectivity index (χ3n) is 3.04. The second kappa shape index (κ2) is 5.13. The van der Waals surface area contributed by atoms with Gasteiger partial charge in [-0.25, -0.2) is 0 Å². The predicted octanol–water partition coefficient (Wildman–Crippen LogP) is 3.04. The van der Waals surface area contributed by atoms with Crippen LogP contribution in [0.1, 0.15) is 23.2 Å². The van der Waals surface area contributed by atoms with Gasteiger partial charge in [-0.2, -0.15) is 0 Å². The van der Waals surface area contributed by atoms with E-state index in [1.807, 2.05) is 37.3 Å². The van der Waals surface area contributed by atoms with Gasteiger partial charge in [0.25, 0.3) is 5.91 Å². The maximum absolute atomic E-state index is 12.1. The van der Waals surface area contributed by atoms with Crippen LogP contribution in [0.25, 0.3) is 10.9 Å². The van der Waals surface area contributed by atoms with Crippen LogP contribution in [-0.2, 0) is 6.42 Å². The second-order valence-corrected chi connectivity index (χ2v) is 4.37. The average molecular weight is 267 g/mol. The topological polar surface area (TPSA) is 68.0 Å². The van der Waals surface area contributed by atoms with Crippen LogP contribution in [0.5, 0.6) is 0 Å². The average Bonchev–Trinajstić information content (AvgIpc) is 2.97. The third kappa shape index (κ3) is 2.25. The number of pyridine rings is 1. The molecule has 0 aliphatic carbocycles. The molecule has 0 saturated heterocycles. The minimum atomic E-state index is -0.312. The molecule has 0 bridgehead atoms. The van der Waals surface area contributed by atoms with E-state index >= 15 is 0 Å². The molecule has 0 radical (unpaired) electrons. The summed E-state index contributed by atoms with van der Waals surface area (Å²) >= 11 is 0. The largest absolute Gasteiger partial charge is 0.351 e. The zero-order valence-corrected chi connectivity index (χ0v) is 11.0. The van der Waals surface area contributed by atoms with E-state index in [9.17, 15) is 4.79 Å². The highest BCUT2D eigenvalue weighted by Gasteiger charge is 2.13. The number of anilines is 1. The molecule has 1 N–H and O–H groups in total. The van der Waals surface area contributed by atoms with Crippen molar-refractivity contribution in [3.05, 3.63) is 54.0 Å². The van der Waals surface area contributed by atoms with Crippen LogP contribution in [0.4, 0.5) is 5.69 Å². The summed E-state index contributed by atoms with van der Waals surface area (Å²) in [7, 11) is 0. The fourth-order valence-corrected chi connectivity index (χ4v) is 1.98. The molecule has 0 spiro atoms. The number of aromatic nitrogens is 2. The summed E-state index contributed by atoms with van der Waals surface area (Å²) in [5.74, 6) is -0.101. The highest BCUT2D eigenvalue weighted by Crippen LogP contribution is 2.22. The van der Waals surface area contributed by atoms with Crippen molar-refractivity contribution >= 4 is 22.5 Å². The minimum Gasteiger partial charge on any atom is -0.351 e. The normalized spacial score (nSPS) is 10.7. The van der Waals surface area contributed by atoms with Crippen LogP contribution < -0.4 is 5.32 Å². The van der Waals surface area contributed by atoms with Crippen molar-refractivity contribution in [1.82, 2.24) is 10.1 Å². The van der Waals surface area contributed by atoms with Gasteiger partial charge in [0.15, 0.2) is 0 Å². The van der Waals surface area contributed by atoms with Crippen molar-refractivity contribution in [2.45, 2.75) is 13.3 Å². The first-order chi connectivity index (χ1) is 9.78. The number of fused-ring (bicyclic) bond motifs is 1. The van der Waals surface area contributed by atoms with Crippen LogP contribution in [0.15, 0.2) is 47.1 Å². The molecule has 0 unspecified atom stereocenters. The molecule has 5 nitrogen and oxygen atoms in total. The van der Waals surface area contributed by atoms with E-state index < -0.39 is 0 Å². The molecular weight excluding hydrogens is 254 g/mol. The number of benzene rings is 1. The molecule has 3 rings (SSSR count). The number of hydrogen-bond donors (Lipinski definition) is 1. The summed E-state index contributed by atoms with van der Waals surface area (Å²) in [5, 5.41) is 7.53. The quantitative estimate of drug-likeness (QED) is 0.792. The monoisotopic (exact) mass is 267 g/mol. The van der Waals surface area contributed by atoms with E-state index in [1.54, 1.807) is 12.3 Å². The lowest BCUT2D eigenvalue weighted by Crippen LogP contribution is -2.11. The standard InChI is InChI=1S/C15H13N3O2/c1-2-10-9-14(20-18-10)15(19)17-13-7-3-6-12-11(13)5-4-8-16-12/h3-9H,2H2,1H3,(H,17,19). The first-order valence-electron chi connectivity index (χ1n) is 6.38. The van der Waals surface area contributed by atoms with Crippen molar-refractivity contribution in [1.29, 1.82) is 0 Å². The molecule has 0 fully saturated rings. The Morgan fingerprint density at radius 3 is 3.00 bits per heavy atom. The highest BCUT2D eigenvalue weighted by molar-refractivity contribution is 6.07. The minimum absolute atomic E-state index is 0.211. The van der Waals surface area contributed by atoms with E-state index in [4.69, 9.17) is 4.52 Å². The number of aryl methyl sites for hydroxylation is 1. The van der Waals surface area contributed by atoms with Crippen LogP contribution in [0.2, 0.25) is 0 Å². The number of nitrogens with one attached hydrogen (secondary N) is 1. The van der Waals surface area contributed by atoms with Crippen LogP contribution in [0.3, 0.4) is 0 Å². The van der Waals surface area contributed by atoms with Crippen LogP contribution in [-0.4, -0.2) is 16.0 Å². The maximum atomic E-state index is 12.1. The van der Waals surface area contributed by atoms with E-state index in [2.05, 4.69) is 15.5 Å². The van der Waals surface area contributed by atoms with Gasteiger partial charge in [0.05, 0.1) is 16.9 Å². The molecule has 2 aromatic heterocycles. The molecule has 5 heteroatoms. The molecule has 1 aromatic carbocycles. The van der Waals surface area contributed by atoms with Crippen molar-refractivity contribution < 1.29 is 9.32 Å². The van der Waals surface area contributed by atoms with Crippen molar-refractivity contribution in [2.24, 2.45) is 0 Å². The number of carbonyl (C=O) groups is 1. The number of rotatable bonds is 3. The fraction of sp³-hybridized carbons (Fsp3) is 0.133. The zero-order chi connectivity index (χ0) is 13.9. The Labute approximate surface area is 115 Å². The van der Waals surface area contributed by atoms with Gasteiger partial charge in [-0.1, -0.05) is 18.1 Å². The van der Waals surface area contributed by atoms with Gasteiger partial charge in [-0.15, -0.1) is 0 Å². The summed E-state index contributed by atoms with van der Waals surface area (Å²) in [6.45, 7) is 1.95. The molecule has 1 amide bonds. The molecule has 0 atom stereocenters. The lowest BCUT2D eigenvalue weighted by molar-refractivity contribution is 0.0988. The number of nitrogens with zero attached hydrogens (tertiary/aromatic N) is 2. The lowest BCUT2D eigenvalue weighted by Gasteiger charge is -2.06. The van der Waals surface area contributed by atoms with Gasteiger partial charge in [0, 0.05) is 17.6 Å². The van der Waals surface area contributed by atoms with E-state index in [1.165, 1.54) is 0 Å². The number of amides is 1. The van der Waals surface area contributed by atoms with Crippen molar-refractivity contribution in [3.8, 4) is 0 Å². The van der Waals surface area contributed by atoms with Gasteiger partial charge in [-0.05, 0) is 30.7 Å². The molecular formula is C15H13N3O2. The molecule has 0 saturated carbocycles. The molecule has 3 aromatic rings. The fourth-order valence-electron chi connectivity index (χ4n) is 1.98. The van der Waals surface area contributed by atoms with Gasteiger partial charge >= 0.3 is 0 Å². The summed E-state index contributed by atoms with van der Waals surface area (Å²) in [4.78, 5) is 16.4. The Morgan fingerprint density at radius 2 is 2.20 bits per heavy atom. The second-order valence-electron chi connectivity index (χ2n) is 4.37. The molecule has 100 valence electrons. The van der Waals surface area contributed by atoms with E-state index in [0.717, 1.165) is 23.0 Å². The Balaban J connectivity index is 1.91. The molecule has 20 heavy (non-hydrogen) atoms. The van der Waals surface area contributed by atoms with Crippen molar-refractivity contribution in [3.63, 3.8) is 0 Å². The van der Waals surface area contributed by atoms with E-state index in [-0.39, 0.29) is 11.7 Å². The van der Waals surface area contributed by atoms with E-state index in [0.29, 0.717) is 5.69 Å². The molecule has 0 aliphatic heterocycles. The summed E-state index contributed by atoms with van der Waals surface area (Å²) in [6.07, 6.45) is 2.45. The SMILES string of the molecule is CCc1cc(C(=O)Nc2cccc3ncccc23)on1. The molecule has 2 heterocycles. The summed E-state index contributed by atoms with van der Waals surface area (Å²) in [6, 6.07) is 11.0. The highest BCUT2D eigenvalue weighted by atomic mass is 16.5. The van der Waals surface area contributed by atoms with Gasteiger partial charge < -0.3 is 9.84 Å².